The van der Waals surface area contributed by atoms with Crippen molar-refractivity contribution >= 4 is 17.4 Å². The summed E-state index contributed by atoms with van der Waals surface area (Å²) in [6.07, 6.45) is 4.77. The topological polar surface area (TPSA) is 17.1 Å². The molecule has 0 radical (unpaired) electrons. The van der Waals surface area contributed by atoms with E-state index >= 15 is 0 Å². The monoisotopic (exact) mass is 242 g/mol. The molecule has 0 N–H and O–H groups in total. The lowest BCUT2D eigenvalue weighted by atomic mass is 10.0. The van der Waals surface area contributed by atoms with E-state index in [1.807, 2.05) is 0 Å². The molecule has 0 aliphatic rings. The number of rotatable bonds is 6. The molecule has 0 fully saturated rings. The summed E-state index contributed by atoms with van der Waals surface area (Å²) in [6.45, 7) is 2.13. The van der Waals surface area contributed by atoms with E-state index in [9.17, 15) is 9.18 Å². The van der Waals surface area contributed by atoms with Crippen molar-refractivity contribution in [3.63, 3.8) is 0 Å². The van der Waals surface area contributed by atoms with Gasteiger partial charge in [-0.15, -0.1) is 0 Å². The second-order valence-corrected chi connectivity index (χ2v) is 4.27. The van der Waals surface area contributed by atoms with Crippen LogP contribution in [-0.4, -0.2) is 5.78 Å². The van der Waals surface area contributed by atoms with Gasteiger partial charge in [0.1, 0.15) is 5.82 Å². The maximum Gasteiger partial charge on any atom is 0.162 e. The number of unbranched alkanes of at least 4 members (excludes halogenated alkanes) is 3. The van der Waals surface area contributed by atoms with Crippen molar-refractivity contribution in [1.29, 1.82) is 0 Å². The van der Waals surface area contributed by atoms with Gasteiger partial charge in [-0.1, -0.05) is 37.8 Å². The zero-order chi connectivity index (χ0) is 12.0. The maximum absolute atomic E-state index is 12.9. The van der Waals surface area contributed by atoms with E-state index in [0.29, 0.717) is 12.0 Å². The number of hydrogen-bond donors (Lipinski definition) is 0. The van der Waals surface area contributed by atoms with E-state index in [2.05, 4.69) is 6.92 Å². The summed E-state index contributed by atoms with van der Waals surface area (Å²) < 4.78 is 12.9. The molecule has 0 unspecified atom stereocenters. The van der Waals surface area contributed by atoms with Gasteiger partial charge in [-0.3, -0.25) is 4.79 Å². The number of carbonyl (C=O) groups excluding carboxylic acids is 1. The van der Waals surface area contributed by atoms with Gasteiger partial charge in [0.15, 0.2) is 5.78 Å². The van der Waals surface area contributed by atoms with Crippen molar-refractivity contribution in [3.05, 3.63) is 34.6 Å². The molecule has 0 aliphatic heterocycles. The van der Waals surface area contributed by atoms with Crippen molar-refractivity contribution in [2.24, 2.45) is 0 Å². The highest BCUT2D eigenvalue weighted by atomic mass is 35.5. The first-order valence-corrected chi connectivity index (χ1v) is 6.01. The quantitative estimate of drug-likeness (QED) is 0.525. The number of carbonyl (C=O) groups is 1. The lowest BCUT2D eigenvalue weighted by Gasteiger charge is -2.02. The Morgan fingerprint density at radius 1 is 1.31 bits per heavy atom. The molecule has 16 heavy (non-hydrogen) atoms. The molecule has 0 spiro atoms. The van der Waals surface area contributed by atoms with Crippen LogP contribution in [0.3, 0.4) is 0 Å². The molecule has 0 atom stereocenters. The normalized spacial score (nSPS) is 10.4. The average molecular weight is 243 g/mol. The molecule has 88 valence electrons. The Labute approximate surface area is 101 Å². The lowest BCUT2D eigenvalue weighted by Crippen LogP contribution is -1.99. The smallest absolute Gasteiger partial charge is 0.162 e. The predicted molar refractivity (Wildman–Crippen MR) is 64.5 cm³/mol. The average Bonchev–Trinajstić information content (AvgIpc) is 2.28. The molecule has 0 aliphatic carbocycles. The summed E-state index contributed by atoms with van der Waals surface area (Å²) in [7, 11) is 0. The van der Waals surface area contributed by atoms with Gasteiger partial charge in [0.2, 0.25) is 0 Å². The molecule has 0 saturated heterocycles. The third-order valence-electron chi connectivity index (χ3n) is 2.50. The first kappa shape index (κ1) is 13.2. The Morgan fingerprint density at radius 3 is 2.69 bits per heavy atom. The highest BCUT2D eigenvalue weighted by Gasteiger charge is 2.08. The van der Waals surface area contributed by atoms with Crippen LogP contribution in [0.15, 0.2) is 18.2 Å². The van der Waals surface area contributed by atoms with Gasteiger partial charge in [-0.05, 0) is 24.6 Å². The van der Waals surface area contributed by atoms with Gasteiger partial charge in [0, 0.05) is 12.0 Å². The minimum atomic E-state index is -0.482. The zero-order valence-corrected chi connectivity index (χ0v) is 10.2. The van der Waals surface area contributed by atoms with Crippen molar-refractivity contribution < 1.29 is 9.18 Å². The molecule has 1 aromatic carbocycles. The predicted octanol–water partition coefficient (Wildman–Crippen LogP) is 4.63. The summed E-state index contributed by atoms with van der Waals surface area (Å²) in [5.41, 5.74) is 0.503. The number of hydrogen-bond acceptors (Lipinski definition) is 1. The van der Waals surface area contributed by atoms with Crippen molar-refractivity contribution in [3.8, 4) is 0 Å². The summed E-state index contributed by atoms with van der Waals surface area (Å²) in [5.74, 6) is -0.442. The first-order valence-electron chi connectivity index (χ1n) is 5.63. The molecule has 1 rings (SSSR count). The SMILES string of the molecule is CCCCCCC(=O)c1ccc(F)c(Cl)c1. The van der Waals surface area contributed by atoms with Crippen LogP contribution in [0.1, 0.15) is 49.4 Å². The maximum atomic E-state index is 12.9. The molecule has 1 aromatic rings. The zero-order valence-electron chi connectivity index (χ0n) is 9.43. The first-order chi connectivity index (χ1) is 7.65. The van der Waals surface area contributed by atoms with Crippen LogP contribution in [-0.2, 0) is 0 Å². The summed E-state index contributed by atoms with van der Waals surface area (Å²) in [5, 5.41) is 0.0133. The van der Waals surface area contributed by atoms with Gasteiger partial charge >= 0.3 is 0 Å². The van der Waals surface area contributed by atoms with Crippen LogP contribution in [0.25, 0.3) is 0 Å². The molecular weight excluding hydrogens is 227 g/mol. The van der Waals surface area contributed by atoms with E-state index in [0.717, 1.165) is 25.7 Å². The van der Waals surface area contributed by atoms with E-state index in [1.54, 1.807) is 0 Å². The van der Waals surface area contributed by atoms with Crippen LogP contribution in [0.5, 0.6) is 0 Å². The molecule has 0 amide bonds. The van der Waals surface area contributed by atoms with Crippen LogP contribution < -0.4 is 0 Å². The fourth-order valence-electron chi connectivity index (χ4n) is 1.53. The number of ketones is 1. The molecule has 3 heteroatoms. The lowest BCUT2D eigenvalue weighted by molar-refractivity contribution is 0.0979. The number of benzene rings is 1. The third kappa shape index (κ3) is 3.93. The second-order valence-electron chi connectivity index (χ2n) is 3.86. The Hall–Kier alpha value is -0.890. The Morgan fingerprint density at radius 2 is 2.06 bits per heavy atom. The molecule has 0 bridgehead atoms. The van der Waals surface area contributed by atoms with Crippen LogP contribution in [0, 0.1) is 5.82 Å². The third-order valence-corrected chi connectivity index (χ3v) is 2.79. The summed E-state index contributed by atoms with van der Waals surface area (Å²) in [4.78, 5) is 11.7. The molecule has 0 aromatic heterocycles. The second kappa shape index (κ2) is 6.64. The summed E-state index contributed by atoms with van der Waals surface area (Å²) >= 11 is 5.61. The molecular formula is C13H16ClFO. The Kier molecular flexibility index (Phi) is 5.47. The number of halogens is 2. The standard InChI is InChI=1S/C13H16ClFO/c1-2-3-4-5-6-13(16)10-7-8-12(15)11(14)9-10/h7-9H,2-6H2,1H3. The van der Waals surface area contributed by atoms with Gasteiger partial charge in [0.25, 0.3) is 0 Å². The highest BCUT2D eigenvalue weighted by Crippen LogP contribution is 2.18. The van der Waals surface area contributed by atoms with E-state index in [1.165, 1.54) is 18.2 Å². The van der Waals surface area contributed by atoms with E-state index in [-0.39, 0.29) is 10.8 Å². The highest BCUT2D eigenvalue weighted by molar-refractivity contribution is 6.31. The fourth-order valence-corrected chi connectivity index (χ4v) is 1.71. The molecule has 0 heterocycles. The van der Waals surface area contributed by atoms with E-state index < -0.39 is 5.82 Å². The van der Waals surface area contributed by atoms with Crippen LogP contribution >= 0.6 is 11.6 Å². The minimum absolute atomic E-state index is 0.0133. The largest absolute Gasteiger partial charge is 0.294 e. The number of Topliss-reactive ketones (excluding diaryl/α,β-unsaturated/α-hetero) is 1. The van der Waals surface area contributed by atoms with Crippen molar-refractivity contribution in [1.82, 2.24) is 0 Å². The summed E-state index contributed by atoms with van der Waals surface area (Å²) in [6, 6.07) is 4.13. The van der Waals surface area contributed by atoms with Gasteiger partial charge in [0.05, 0.1) is 5.02 Å². The van der Waals surface area contributed by atoms with Gasteiger partial charge in [-0.2, -0.15) is 0 Å². The van der Waals surface area contributed by atoms with Gasteiger partial charge < -0.3 is 0 Å². The molecule has 0 saturated carbocycles. The van der Waals surface area contributed by atoms with Gasteiger partial charge in [-0.25, -0.2) is 4.39 Å². The van der Waals surface area contributed by atoms with Crippen LogP contribution in [0.4, 0.5) is 4.39 Å². The van der Waals surface area contributed by atoms with Crippen molar-refractivity contribution in [2.75, 3.05) is 0 Å². The van der Waals surface area contributed by atoms with Crippen molar-refractivity contribution in [2.45, 2.75) is 39.0 Å². The Bertz CT molecular complexity index is 363. The van der Waals surface area contributed by atoms with Crippen LogP contribution in [0.2, 0.25) is 5.02 Å². The Balaban J connectivity index is 2.50. The van der Waals surface area contributed by atoms with E-state index in [4.69, 9.17) is 11.6 Å². The minimum Gasteiger partial charge on any atom is -0.294 e. The molecule has 1 nitrogen and oxygen atoms in total. The fraction of sp³-hybridized carbons (Fsp3) is 0.462.